The van der Waals surface area contributed by atoms with Crippen molar-refractivity contribution in [2.75, 3.05) is 5.32 Å². The third-order valence-corrected chi connectivity index (χ3v) is 1.88. The summed E-state index contributed by atoms with van der Waals surface area (Å²) in [5.74, 6) is 0.0384. The molecule has 0 atom stereocenters. The third kappa shape index (κ3) is 4.26. The topological polar surface area (TPSA) is 66.4 Å². The highest BCUT2D eigenvalue weighted by Crippen LogP contribution is 2.13. The number of phenolic OH excluding ortho intramolecular Hbond substituents is 1. The Bertz CT molecular complexity index is 332. The number of amides is 1. The maximum absolute atomic E-state index is 11.3. The first-order chi connectivity index (χ1) is 7.22. The molecule has 0 aliphatic rings. The molecule has 0 heterocycles. The fourth-order valence-corrected chi connectivity index (χ4v) is 1.11. The number of hydrogen-bond acceptors (Lipinski definition) is 3. The summed E-state index contributed by atoms with van der Waals surface area (Å²) in [4.78, 5) is 21.3. The summed E-state index contributed by atoms with van der Waals surface area (Å²) in [5, 5.41) is 11.7. The van der Waals surface area contributed by atoms with Gasteiger partial charge in [0.15, 0.2) is 0 Å². The highest BCUT2D eigenvalue weighted by Gasteiger charge is 2.01. The third-order valence-electron chi connectivity index (χ3n) is 1.88. The van der Waals surface area contributed by atoms with Crippen molar-refractivity contribution >= 4 is 17.9 Å². The zero-order valence-electron chi connectivity index (χ0n) is 8.27. The molecule has 0 saturated carbocycles. The van der Waals surface area contributed by atoms with E-state index in [0.717, 1.165) is 6.29 Å². The Morgan fingerprint density at radius 1 is 1.33 bits per heavy atom. The summed E-state index contributed by atoms with van der Waals surface area (Å²) in [7, 11) is 0. The highest BCUT2D eigenvalue weighted by atomic mass is 16.3. The fourth-order valence-electron chi connectivity index (χ4n) is 1.11. The minimum Gasteiger partial charge on any atom is -0.508 e. The SMILES string of the molecule is O=CCCCC(=O)Nc1ccc(O)cc1. The van der Waals surface area contributed by atoms with Crippen LogP contribution in [0.3, 0.4) is 0 Å². The van der Waals surface area contributed by atoms with Crippen molar-refractivity contribution in [2.24, 2.45) is 0 Å². The Hall–Kier alpha value is -1.84. The van der Waals surface area contributed by atoms with E-state index < -0.39 is 0 Å². The lowest BCUT2D eigenvalue weighted by Crippen LogP contribution is -2.10. The van der Waals surface area contributed by atoms with E-state index in [1.165, 1.54) is 12.1 Å². The van der Waals surface area contributed by atoms with Crippen LogP contribution >= 0.6 is 0 Å². The summed E-state index contributed by atoms with van der Waals surface area (Å²) in [5.41, 5.74) is 0.643. The number of benzene rings is 1. The van der Waals surface area contributed by atoms with Crippen LogP contribution in [-0.4, -0.2) is 17.3 Å². The molecule has 15 heavy (non-hydrogen) atoms. The molecule has 0 unspecified atom stereocenters. The molecule has 0 radical (unpaired) electrons. The average molecular weight is 207 g/mol. The van der Waals surface area contributed by atoms with E-state index in [1.807, 2.05) is 0 Å². The van der Waals surface area contributed by atoms with Crippen LogP contribution in [0.15, 0.2) is 24.3 Å². The lowest BCUT2D eigenvalue weighted by atomic mass is 10.2. The normalized spacial score (nSPS) is 9.60. The van der Waals surface area contributed by atoms with Gasteiger partial charge in [-0.3, -0.25) is 4.79 Å². The molecule has 1 amide bonds. The zero-order valence-corrected chi connectivity index (χ0v) is 8.27. The van der Waals surface area contributed by atoms with Crippen molar-refractivity contribution in [3.63, 3.8) is 0 Å². The van der Waals surface area contributed by atoms with E-state index in [1.54, 1.807) is 12.1 Å². The van der Waals surface area contributed by atoms with Crippen LogP contribution in [0, 0.1) is 0 Å². The standard InChI is InChI=1S/C11H13NO3/c13-8-2-1-3-11(15)12-9-4-6-10(14)7-5-9/h4-8,14H,1-3H2,(H,12,15). The van der Waals surface area contributed by atoms with Gasteiger partial charge in [-0.2, -0.15) is 0 Å². The van der Waals surface area contributed by atoms with Gasteiger partial charge in [0.25, 0.3) is 0 Å². The second kappa shape index (κ2) is 5.80. The fraction of sp³-hybridized carbons (Fsp3) is 0.273. The van der Waals surface area contributed by atoms with E-state index in [4.69, 9.17) is 5.11 Å². The van der Waals surface area contributed by atoms with E-state index >= 15 is 0 Å². The highest BCUT2D eigenvalue weighted by molar-refractivity contribution is 5.90. The number of unbranched alkanes of at least 4 members (excludes halogenated alkanes) is 1. The molecule has 0 saturated heterocycles. The molecule has 1 aromatic rings. The number of aromatic hydroxyl groups is 1. The zero-order chi connectivity index (χ0) is 11.1. The smallest absolute Gasteiger partial charge is 0.224 e. The largest absolute Gasteiger partial charge is 0.508 e. The van der Waals surface area contributed by atoms with Crippen LogP contribution in [0.1, 0.15) is 19.3 Å². The van der Waals surface area contributed by atoms with Crippen molar-refractivity contribution in [1.82, 2.24) is 0 Å². The lowest BCUT2D eigenvalue weighted by Gasteiger charge is -2.03. The Kier molecular flexibility index (Phi) is 4.34. The molecular formula is C11H13NO3. The molecule has 0 bridgehead atoms. The summed E-state index contributed by atoms with van der Waals surface area (Å²) >= 11 is 0. The van der Waals surface area contributed by atoms with Gasteiger partial charge in [-0.1, -0.05) is 0 Å². The first-order valence-corrected chi connectivity index (χ1v) is 4.75. The number of aldehydes is 1. The van der Waals surface area contributed by atoms with Gasteiger partial charge in [-0.05, 0) is 30.7 Å². The molecule has 0 aromatic heterocycles. The molecule has 4 nitrogen and oxygen atoms in total. The van der Waals surface area contributed by atoms with Gasteiger partial charge >= 0.3 is 0 Å². The minimum absolute atomic E-state index is 0.123. The average Bonchev–Trinajstić information content (AvgIpc) is 2.22. The molecule has 2 N–H and O–H groups in total. The van der Waals surface area contributed by atoms with Gasteiger partial charge in [0.1, 0.15) is 12.0 Å². The van der Waals surface area contributed by atoms with Crippen LogP contribution in [-0.2, 0) is 9.59 Å². The van der Waals surface area contributed by atoms with Gasteiger partial charge in [0.2, 0.25) is 5.91 Å². The van der Waals surface area contributed by atoms with E-state index in [-0.39, 0.29) is 11.7 Å². The molecule has 1 aromatic carbocycles. The van der Waals surface area contributed by atoms with Crippen molar-refractivity contribution in [2.45, 2.75) is 19.3 Å². The van der Waals surface area contributed by atoms with E-state index in [0.29, 0.717) is 24.9 Å². The number of hydrogen-bond donors (Lipinski definition) is 2. The summed E-state index contributed by atoms with van der Waals surface area (Å²) < 4.78 is 0. The van der Waals surface area contributed by atoms with Crippen LogP contribution in [0.25, 0.3) is 0 Å². The summed E-state index contributed by atoms with van der Waals surface area (Å²) in [6.45, 7) is 0. The Morgan fingerprint density at radius 2 is 2.00 bits per heavy atom. The number of phenols is 1. The number of carbonyl (C=O) groups is 2. The van der Waals surface area contributed by atoms with E-state index in [2.05, 4.69) is 5.32 Å². The van der Waals surface area contributed by atoms with Gasteiger partial charge < -0.3 is 15.2 Å². The van der Waals surface area contributed by atoms with Crippen LogP contribution < -0.4 is 5.32 Å². The van der Waals surface area contributed by atoms with Crippen molar-refractivity contribution < 1.29 is 14.7 Å². The number of nitrogens with one attached hydrogen (secondary N) is 1. The van der Waals surface area contributed by atoms with Crippen molar-refractivity contribution in [1.29, 1.82) is 0 Å². The maximum Gasteiger partial charge on any atom is 0.224 e. The Morgan fingerprint density at radius 3 is 2.60 bits per heavy atom. The second-order valence-electron chi connectivity index (χ2n) is 3.15. The predicted octanol–water partition coefficient (Wildman–Crippen LogP) is 1.70. The van der Waals surface area contributed by atoms with Crippen molar-refractivity contribution in [3.8, 4) is 5.75 Å². The quantitative estimate of drug-likeness (QED) is 0.438. The molecule has 4 heteroatoms. The second-order valence-corrected chi connectivity index (χ2v) is 3.15. The monoisotopic (exact) mass is 207 g/mol. The van der Waals surface area contributed by atoms with Crippen LogP contribution in [0.4, 0.5) is 5.69 Å². The number of rotatable bonds is 5. The molecular weight excluding hydrogens is 194 g/mol. The van der Waals surface area contributed by atoms with Crippen molar-refractivity contribution in [3.05, 3.63) is 24.3 Å². The van der Waals surface area contributed by atoms with E-state index in [9.17, 15) is 9.59 Å². The molecule has 0 aliphatic carbocycles. The Balaban J connectivity index is 2.37. The van der Waals surface area contributed by atoms with Gasteiger partial charge in [0, 0.05) is 18.5 Å². The maximum atomic E-state index is 11.3. The van der Waals surface area contributed by atoms with Crippen LogP contribution in [0.5, 0.6) is 5.75 Å². The Labute approximate surface area is 87.9 Å². The minimum atomic E-state index is -0.123. The lowest BCUT2D eigenvalue weighted by molar-refractivity contribution is -0.116. The molecule has 1 rings (SSSR count). The number of carbonyl (C=O) groups excluding carboxylic acids is 2. The van der Waals surface area contributed by atoms with Crippen LogP contribution in [0.2, 0.25) is 0 Å². The summed E-state index contributed by atoms with van der Waals surface area (Å²) in [6, 6.07) is 6.24. The summed E-state index contributed by atoms with van der Waals surface area (Å²) in [6.07, 6.45) is 2.10. The first kappa shape index (κ1) is 11.2. The van der Waals surface area contributed by atoms with Gasteiger partial charge in [0.05, 0.1) is 0 Å². The molecule has 0 spiro atoms. The first-order valence-electron chi connectivity index (χ1n) is 4.75. The molecule has 80 valence electrons. The van der Waals surface area contributed by atoms with Gasteiger partial charge in [-0.25, -0.2) is 0 Å². The molecule has 0 aliphatic heterocycles. The number of anilines is 1. The molecule has 0 fully saturated rings. The van der Waals surface area contributed by atoms with Gasteiger partial charge in [-0.15, -0.1) is 0 Å². The predicted molar refractivity (Wildman–Crippen MR) is 56.7 cm³/mol.